The smallest absolute Gasteiger partial charge is 0.246 e. The second-order valence-corrected chi connectivity index (χ2v) is 5.20. The van der Waals surface area contributed by atoms with E-state index in [1.165, 1.54) is 0 Å². The van der Waals surface area contributed by atoms with Crippen molar-refractivity contribution in [3.8, 4) is 0 Å². The fraction of sp³-hybridized carbons (Fsp3) is 0.500. The molecule has 2 unspecified atom stereocenters. The monoisotopic (exact) mass is 327 g/mol. The number of halogens is 1. The molecule has 0 fully saturated rings. The van der Waals surface area contributed by atoms with Crippen LogP contribution in [0.3, 0.4) is 0 Å². The fourth-order valence-corrected chi connectivity index (χ4v) is 2.03. The van der Waals surface area contributed by atoms with Crippen LogP contribution < -0.4 is 11.1 Å². The summed E-state index contributed by atoms with van der Waals surface area (Å²) in [6.07, 6.45) is 0.798. The summed E-state index contributed by atoms with van der Waals surface area (Å²) < 4.78 is 0. The molecule has 2 amide bonds. The first-order chi connectivity index (χ1) is 10.0. The van der Waals surface area contributed by atoms with Gasteiger partial charge in [0.15, 0.2) is 0 Å². The minimum atomic E-state index is -0.522. The average Bonchev–Trinajstić information content (AvgIpc) is 2.51. The Labute approximate surface area is 138 Å². The van der Waals surface area contributed by atoms with Crippen LogP contribution in [0.15, 0.2) is 30.3 Å². The van der Waals surface area contributed by atoms with Crippen molar-refractivity contribution in [3.63, 3.8) is 0 Å². The summed E-state index contributed by atoms with van der Waals surface area (Å²) in [4.78, 5) is 26.2. The van der Waals surface area contributed by atoms with Crippen LogP contribution in [0.1, 0.15) is 27.2 Å². The molecule has 6 heteroatoms. The van der Waals surface area contributed by atoms with E-state index in [4.69, 9.17) is 5.73 Å². The van der Waals surface area contributed by atoms with Crippen LogP contribution in [0.4, 0.5) is 5.69 Å². The van der Waals surface area contributed by atoms with Crippen LogP contribution in [0.2, 0.25) is 0 Å². The Morgan fingerprint density at radius 2 is 1.82 bits per heavy atom. The Balaban J connectivity index is 0.00000441. The molecule has 0 saturated heterocycles. The highest BCUT2D eigenvalue weighted by molar-refractivity contribution is 5.97. The molecule has 124 valence electrons. The normalized spacial score (nSPS) is 12.7. The third-order valence-electron chi connectivity index (χ3n) is 3.41. The zero-order chi connectivity index (χ0) is 15.8. The summed E-state index contributed by atoms with van der Waals surface area (Å²) in [7, 11) is 0. The lowest BCUT2D eigenvalue weighted by atomic mass is 10.1. The molecule has 0 spiro atoms. The van der Waals surface area contributed by atoms with E-state index >= 15 is 0 Å². The standard InChI is InChI=1S/C16H25N3O2.ClH/c1-4-10-19(16(21)12(2)11-17)13(3)15(20)18-14-8-6-5-7-9-14;/h5-9,12-13H,4,10-11,17H2,1-3H3,(H,18,20);1H. The number of hydrogen-bond acceptors (Lipinski definition) is 3. The van der Waals surface area contributed by atoms with Crippen LogP contribution >= 0.6 is 12.4 Å². The maximum absolute atomic E-state index is 12.3. The third-order valence-corrected chi connectivity index (χ3v) is 3.41. The molecule has 0 heterocycles. The van der Waals surface area contributed by atoms with Crippen molar-refractivity contribution in [2.75, 3.05) is 18.4 Å². The summed E-state index contributed by atoms with van der Waals surface area (Å²) in [5, 5.41) is 2.83. The summed E-state index contributed by atoms with van der Waals surface area (Å²) >= 11 is 0. The number of amides is 2. The highest BCUT2D eigenvalue weighted by Gasteiger charge is 2.27. The number of anilines is 1. The van der Waals surface area contributed by atoms with Crippen LogP contribution in [0.5, 0.6) is 0 Å². The molecular weight excluding hydrogens is 302 g/mol. The Kier molecular flexibility index (Phi) is 9.45. The number of benzene rings is 1. The molecule has 0 bridgehead atoms. The van der Waals surface area contributed by atoms with Crippen molar-refractivity contribution in [3.05, 3.63) is 30.3 Å². The van der Waals surface area contributed by atoms with Gasteiger partial charge < -0.3 is 16.0 Å². The van der Waals surface area contributed by atoms with Gasteiger partial charge in [0.1, 0.15) is 6.04 Å². The van der Waals surface area contributed by atoms with Gasteiger partial charge in [-0.3, -0.25) is 9.59 Å². The van der Waals surface area contributed by atoms with Crippen LogP contribution in [-0.4, -0.2) is 35.8 Å². The van der Waals surface area contributed by atoms with E-state index in [0.717, 1.165) is 12.1 Å². The summed E-state index contributed by atoms with van der Waals surface area (Å²) in [5.74, 6) is -0.536. The van der Waals surface area contributed by atoms with Crippen molar-refractivity contribution >= 4 is 29.9 Å². The molecule has 1 aromatic rings. The molecule has 0 saturated carbocycles. The summed E-state index contributed by atoms with van der Waals surface area (Å²) in [6, 6.07) is 8.71. The van der Waals surface area contributed by atoms with Gasteiger partial charge in [-0.15, -0.1) is 12.4 Å². The number of carbonyl (C=O) groups excluding carboxylic acids is 2. The van der Waals surface area contributed by atoms with Gasteiger partial charge in [-0.2, -0.15) is 0 Å². The lowest BCUT2D eigenvalue weighted by molar-refractivity contribution is -0.141. The van der Waals surface area contributed by atoms with Crippen LogP contribution in [0, 0.1) is 5.92 Å². The molecular formula is C16H26ClN3O2. The molecule has 1 aromatic carbocycles. The largest absolute Gasteiger partial charge is 0.331 e. The van der Waals surface area contributed by atoms with Gasteiger partial charge in [0.2, 0.25) is 11.8 Å². The lowest BCUT2D eigenvalue weighted by Crippen LogP contribution is -2.48. The lowest BCUT2D eigenvalue weighted by Gasteiger charge is -2.30. The highest BCUT2D eigenvalue weighted by atomic mass is 35.5. The first kappa shape index (κ1) is 20.4. The second-order valence-electron chi connectivity index (χ2n) is 5.20. The quantitative estimate of drug-likeness (QED) is 0.806. The van der Waals surface area contributed by atoms with Crippen molar-refractivity contribution < 1.29 is 9.59 Å². The van der Waals surface area contributed by atoms with Gasteiger partial charge in [-0.1, -0.05) is 32.0 Å². The van der Waals surface area contributed by atoms with Gasteiger partial charge in [-0.05, 0) is 25.5 Å². The molecule has 22 heavy (non-hydrogen) atoms. The molecule has 0 aliphatic carbocycles. The third kappa shape index (κ3) is 5.66. The number of hydrogen-bond donors (Lipinski definition) is 2. The first-order valence-corrected chi connectivity index (χ1v) is 7.37. The number of nitrogens with one attached hydrogen (secondary N) is 1. The van der Waals surface area contributed by atoms with Crippen molar-refractivity contribution in [1.82, 2.24) is 4.90 Å². The number of para-hydroxylation sites is 1. The minimum Gasteiger partial charge on any atom is -0.331 e. The predicted molar refractivity (Wildman–Crippen MR) is 92.0 cm³/mol. The van der Waals surface area contributed by atoms with E-state index < -0.39 is 6.04 Å². The Morgan fingerprint density at radius 3 is 2.32 bits per heavy atom. The Hall–Kier alpha value is -1.59. The van der Waals surface area contributed by atoms with Crippen LogP contribution in [0.25, 0.3) is 0 Å². The maximum atomic E-state index is 12.3. The van der Waals surface area contributed by atoms with Crippen molar-refractivity contribution in [1.29, 1.82) is 0 Å². The number of carbonyl (C=O) groups is 2. The molecule has 0 aliphatic rings. The van der Waals surface area contributed by atoms with Gasteiger partial charge in [0.05, 0.1) is 0 Å². The van der Waals surface area contributed by atoms with E-state index in [-0.39, 0.29) is 36.7 Å². The number of nitrogens with two attached hydrogens (primary N) is 1. The molecule has 0 aromatic heterocycles. The van der Waals surface area contributed by atoms with Gasteiger partial charge in [-0.25, -0.2) is 0 Å². The highest BCUT2D eigenvalue weighted by Crippen LogP contribution is 2.11. The summed E-state index contributed by atoms with van der Waals surface area (Å²) in [5.41, 5.74) is 6.29. The topological polar surface area (TPSA) is 75.4 Å². The van der Waals surface area contributed by atoms with E-state index in [2.05, 4.69) is 5.32 Å². The minimum absolute atomic E-state index is 0. The number of rotatable bonds is 7. The van der Waals surface area contributed by atoms with E-state index in [1.807, 2.05) is 37.3 Å². The van der Waals surface area contributed by atoms with Gasteiger partial charge in [0.25, 0.3) is 0 Å². The molecule has 1 rings (SSSR count). The van der Waals surface area contributed by atoms with Crippen molar-refractivity contribution in [2.45, 2.75) is 33.2 Å². The van der Waals surface area contributed by atoms with Crippen molar-refractivity contribution in [2.24, 2.45) is 11.7 Å². The molecule has 3 N–H and O–H groups in total. The second kappa shape index (κ2) is 10.2. The summed E-state index contributed by atoms with van der Waals surface area (Å²) in [6.45, 7) is 6.34. The Bertz CT molecular complexity index is 468. The maximum Gasteiger partial charge on any atom is 0.246 e. The number of nitrogens with zero attached hydrogens (tertiary/aromatic N) is 1. The zero-order valence-electron chi connectivity index (χ0n) is 13.4. The molecule has 0 aliphatic heterocycles. The van der Waals surface area contributed by atoms with Crippen LogP contribution in [-0.2, 0) is 9.59 Å². The SMILES string of the molecule is CCCN(C(=O)C(C)CN)C(C)C(=O)Nc1ccccc1.Cl. The van der Waals surface area contributed by atoms with E-state index in [9.17, 15) is 9.59 Å². The molecule has 0 radical (unpaired) electrons. The zero-order valence-corrected chi connectivity index (χ0v) is 14.2. The van der Waals surface area contributed by atoms with E-state index in [1.54, 1.807) is 18.7 Å². The van der Waals surface area contributed by atoms with Gasteiger partial charge in [0, 0.05) is 24.7 Å². The predicted octanol–water partition coefficient (Wildman–Crippen LogP) is 2.27. The van der Waals surface area contributed by atoms with Gasteiger partial charge >= 0.3 is 0 Å². The molecule has 5 nitrogen and oxygen atoms in total. The fourth-order valence-electron chi connectivity index (χ4n) is 2.03. The van der Waals surface area contributed by atoms with E-state index in [0.29, 0.717) is 6.54 Å². The molecule has 2 atom stereocenters. The first-order valence-electron chi connectivity index (χ1n) is 7.37. The average molecular weight is 328 g/mol. The Morgan fingerprint density at radius 1 is 1.23 bits per heavy atom.